The van der Waals surface area contributed by atoms with Crippen LogP contribution in [0.2, 0.25) is 0 Å². The number of benzene rings is 2. The second-order valence-corrected chi connectivity index (χ2v) is 10.4. The zero-order valence-electron chi connectivity index (χ0n) is 23.2. The van der Waals surface area contributed by atoms with Gasteiger partial charge in [0.1, 0.15) is 23.9 Å². The molecule has 2 aromatic heterocycles. The maximum absolute atomic E-state index is 13.8. The van der Waals surface area contributed by atoms with Crippen molar-refractivity contribution in [1.82, 2.24) is 4.57 Å². The van der Waals surface area contributed by atoms with E-state index >= 15 is 0 Å². The molecule has 1 aliphatic rings. The fourth-order valence-electron chi connectivity index (χ4n) is 4.70. The van der Waals surface area contributed by atoms with Gasteiger partial charge in [-0.2, -0.15) is 0 Å². The molecule has 3 heterocycles. The molecule has 4 aromatic rings. The average Bonchev–Trinajstić information content (AvgIpc) is 3.55. The molecule has 0 fully saturated rings. The highest BCUT2D eigenvalue weighted by Gasteiger charge is 2.33. The van der Waals surface area contributed by atoms with Crippen LogP contribution in [0, 0.1) is 17.0 Å². The Morgan fingerprint density at radius 2 is 1.95 bits per heavy atom. The molecule has 0 spiro atoms. The van der Waals surface area contributed by atoms with Crippen LogP contribution in [0.3, 0.4) is 0 Å². The lowest BCUT2D eigenvalue weighted by Crippen LogP contribution is -2.39. The van der Waals surface area contributed by atoms with Crippen LogP contribution in [-0.2, 0) is 9.53 Å². The van der Waals surface area contributed by atoms with Gasteiger partial charge in [-0.05, 0) is 56.2 Å². The maximum atomic E-state index is 13.8. The number of esters is 1. The van der Waals surface area contributed by atoms with E-state index in [0.717, 1.165) is 5.56 Å². The Hall–Kier alpha value is -5.03. The number of furan rings is 1. The first-order valence-corrected chi connectivity index (χ1v) is 13.9. The van der Waals surface area contributed by atoms with Crippen LogP contribution in [0.5, 0.6) is 5.75 Å². The predicted molar refractivity (Wildman–Crippen MR) is 158 cm³/mol. The van der Waals surface area contributed by atoms with Gasteiger partial charge in [0.2, 0.25) is 0 Å². The van der Waals surface area contributed by atoms with E-state index in [-0.39, 0.29) is 23.4 Å². The number of hydrogen-bond donors (Lipinski definition) is 0. The average molecular weight is 586 g/mol. The van der Waals surface area contributed by atoms with Gasteiger partial charge in [-0.1, -0.05) is 42.2 Å². The van der Waals surface area contributed by atoms with Crippen molar-refractivity contribution in [3.63, 3.8) is 0 Å². The Labute approximate surface area is 244 Å². The highest BCUT2D eigenvalue weighted by atomic mass is 32.1. The third-order valence-corrected chi connectivity index (χ3v) is 7.66. The van der Waals surface area contributed by atoms with Crippen LogP contribution in [0.4, 0.5) is 5.69 Å². The van der Waals surface area contributed by atoms with Gasteiger partial charge in [-0.25, -0.2) is 9.79 Å². The van der Waals surface area contributed by atoms with Crippen molar-refractivity contribution in [3.05, 3.63) is 125 Å². The number of aryl methyl sites for hydroxylation is 1. The number of hydrogen-bond acceptors (Lipinski definition) is 9. The van der Waals surface area contributed by atoms with Crippen LogP contribution in [-0.4, -0.2) is 28.7 Å². The van der Waals surface area contributed by atoms with Crippen molar-refractivity contribution >= 4 is 29.1 Å². The number of fused-ring (bicyclic) bond motifs is 1. The fourth-order valence-corrected chi connectivity index (χ4v) is 5.73. The summed E-state index contributed by atoms with van der Waals surface area (Å²) in [6, 6.07) is 14.3. The van der Waals surface area contributed by atoms with Crippen molar-refractivity contribution in [2.24, 2.45) is 4.99 Å². The number of carbonyl (C=O) groups is 1. The predicted octanol–water partition coefficient (Wildman–Crippen LogP) is 4.84. The van der Waals surface area contributed by atoms with E-state index in [4.69, 9.17) is 13.9 Å². The summed E-state index contributed by atoms with van der Waals surface area (Å²) in [7, 11) is 0. The van der Waals surface area contributed by atoms with Crippen LogP contribution >= 0.6 is 11.3 Å². The molecule has 42 heavy (non-hydrogen) atoms. The lowest BCUT2D eigenvalue weighted by atomic mass is 9.96. The van der Waals surface area contributed by atoms with E-state index in [1.54, 1.807) is 68.5 Å². The molecule has 0 amide bonds. The minimum absolute atomic E-state index is 0.0464. The number of nitrogens with zero attached hydrogens (tertiary/aromatic N) is 3. The summed E-state index contributed by atoms with van der Waals surface area (Å²) in [5, 5.41) is 11.3. The van der Waals surface area contributed by atoms with Crippen molar-refractivity contribution < 1.29 is 23.6 Å². The zero-order chi connectivity index (χ0) is 30.0. The first kappa shape index (κ1) is 28.5. The monoisotopic (exact) mass is 585 g/mol. The summed E-state index contributed by atoms with van der Waals surface area (Å²) in [5.41, 5.74) is 2.41. The molecule has 11 heteroatoms. The summed E-state index contributed by atoms with van der Waals surface area (Å²) in [6.07, 6.45) is 3.25. The highest BCUT2D eigenvalue weighted by Crippen LogP contribution is 2.32. The number of aromatic nitrogens is 1. The minimum atomic E-state index is -0.768. The van der Waals surface area contributed by atoms with Gasteiger partial charge >= 0.3 is 5.97 Å². The summed E-state index contributed by atoms with van der Waals surface area (Å²) < 4.78 is 18.8. The van der Waals surface area contributed by atoms with Gasteiger partial charge < -0.3 is 13.9 Å². The first-order valence-electron chi connectivity index (χ1n) is 13.1. The Bertz CT molecular complexity index is 1910. The SMILES string of the molecule is C=CCOc1ccc([C@@H]2C(C(=O)OCC)=C(C)N=c3s/c(=C\c4ccc(-c5cc([N+](=O)[O-])ccc5C)o4)c(=O)n32)cc1. The first-order chi connectivity index (χ1) is 20.2. The lowest BCUT2D eigenvalue weighted by Gasteiger charge is -2.24. The number of ether oxygens (including phenoxy) is 2. The highest BCUT2D eigenvalue weighted by molar-refractivity contribution is 7.07. The number of allylic oxidation sites excluding steroid dienone is 1. The van der Waals surface area contributed by atoms with Gasteiger partial charge in [-0.15, -0.1) is 0 Å². The van der Waals surface area contributed by atoms with E-state index < -0.39 is 16.9 Å². The molecule has 0 N–H and O–H groups in total. The van der Waals surface area contributed by atoms with Gasteiger partial charge in [0.25, 0.3) is 11.2 Å². The van der Waals surface area contributed by atoms with Gasteiger partial charge in [0.05, 0.1) is 33.4 Å². The number of non-ortho nitro benzene ring substituents is 1. The molecule has 0 unspecified atom stereocenters. The van der Waals surface area contributed by atoms with Crippen LogP contribution in [0.1, 0.15) is 36.8 Å². The van der Waals surface area contributed by atoms with Gasteiger partial charge in [-0.3, -0.25) is 19.5 Å². The summed E-state index contributed by atoms with van der Waals surface area (Å²) >= 11 is 1.17. The molecule has 1 aliphatic heterocycles. The molecule has 0 saturated carbocycles. The third kappa shape index (κ3) is 5.46. The molecule has 2 aromatic carbocycles. The summed E-state index contributed by atoms with van der Waals surface area (Å²) in [4.78, 5) is 42.8. The smallest absolute Gasteiger partial charge is 0.338 e. The topological polar surface area (TPSA) is 126 Å². The normalized spacial score (nSPS) is 14.7. The Kier molecular flexibility index (Phi) is 8.03. The Morgan fingerprint density at radius 1 is 1.19 bits per heavy atom. The van der Waals surface area contributed by atoms with E-state index in [0.29, 0.717) is 50.0 Å². The number of nitro groups is 1. The molecule has 0 aliphatic carbocycles. The number of thiazole rings is 1. The fraction of sp³-hybridized carbons (Fsp3) is 0.194. The molecular weight excluding hydrogens is 558 g/mol. The van der Waals surface area contributed by atoms with Crippen molar-refractivity contribution in [3.8, 4) is 17.1 Å². The summed E-state index contributed by atoms with van der Waals surface area (Å²) in [6.45, 7) is 9.45. The number of nitro benzene ring substituents is 1. The van der Waals surface area contributed by atoms with Gasteiger partial charge in [0, 0.05) is 23.8 Å². The quantitative estimate of drug-likeness (QED) is 0.119. The lowest BCUT2D eigenvalue weighted by molar-refractivity contribution is -0.384. The molecular formula is C31H27N3O7S. The molecule has 0 saturated heterocycles. The number of rotatable bonds is 9. The molecule has 1 atom stereocenters. The van der Waals surface area contributed by atoms with Crippen molar-refractivity contribution in [1.29, 1.82) is 0 Å². The molecule has 0 bridgehead atoms. The van der Waals surface area contributed by atoms with Crippen LogP contribution < -0.4 is 19.6 Å². The second-order valence-electron chi connectivity index (χ2n) is 9.43. The zero-order valence-corrected chi connectivity index (χ0v) is 24.0. The Morgan fingerprint density at radius 3 is 2.64 bits per heavy atom. The maximum Gasteiger partial charge on any atom is 0.338 e. The Balaban J connectivity index is 1.60. The number of carbonyl (C=O) groups excluding carboxylic acids is 1. The molecule has 5 rings (SSSR count). The van der Waals surface area contributed by atoms with Crippen molar-refractivity contribution in [2.75, 3.05) is 13.2 Å². The molecule has 0 radical (unpaired) electrons. The standard InChI is InChI=1S/C31H27N3O7S/c1-5-15-40-22-11-8-20(9-12-22)28-27(30(36)39-6-2)19(4)32-31-33(28)29(35)26(42-31)17-23-13-14-25(41-23)24-16-21(34(37)38)10-7-18(24)3/h5,7-14,16-17,28H,1,6,15H2,2-4H3/b26-17-/t28-/m1/s1. The van der Waals surface area contributed by atoms with E-state index in [1.165, 1.54) is 28.0 Å². The summed E-state index contributed by atoms with van der Waals surface area (Å²) in [5.74, 6) is 0.903. The molecule has 214 valence electrons. The van der Waals surface area contributed by atoms with E-state index in [2.05, 4.69) is 11.6 Å². The van der Waals surface area contributed by atoms with E-state index in [1.807, 2.05) is 6.92 Å². The van der Waals surface area contributed by atoms with Crippen molar-refractivity contribution in [2.45, 2.75) is 26.8 Å². The van der Waals surface area contributed by atoms with E-state index in [9.17, 15) is 19.7 Å². The second kappa shape index (κ2) is 11.8. The minimum Gasteiger partial charge on any atom is -0.490 e. The largest absolute Gasteiger partial charge is 0.490 e. The van der Waals surface area contributed by atoms with Gasteiger partial charge in [0.15, 0.2) is 4.80 Å². The third-order valence-electron chi connectivity index (χ3n) is 6.68. The molecule has 10 nitrogen and oxygen atoms in total. The van der Waals surface area contributed by atoms with Crippen LogP contribution in [0.15, 0.2) is 92.7 Å². The van der Waals surface area contributed by atoms with Crippen LogP contribution in [0.25, 0.3) is 17.4 Å².